The molecule has 3 aromatic rings. The maximum Gasteiger partial charge on any atom is 0.271 e. The Morgan fingerprint density at radius 1 is 1.04 bits per heavy atom. The number of carbonyl (C=O) groups is 1. The molecule has 0 bridgehead atoms. The molecular formula is C21H17N3O4. The number of nitrogens with one attached hydrogen (secondary N) is 1. The van der Waals surface area contributed by atoms with Crippen LogP contribution < -0.4 is 10.2 Å². The lowest BCUT2D eigenvalue weighted by atomic mass is 10.2. The molecule has 3 aromatic carbocycles. The summed E-state index contributed by atoms with van der Waals surface area (Å²) in [6.45, 7) is 0.444. The lowest BCUT2D eigenvalue weighted by Gasteiger charge is -2.07. The molecule has 0 radical (unpaired) electrons. The quantitative estimate of drug-likeness (QED) is 0.384. The van der Waals surface area contributed by atoms with Gasteiger partial charge in [0, 0.05) is 23.3 Å². The largest absolute Gasteiger partial charge is 0.489 e. The van der Waals surface area contributed by atoms with Gasteiger partial charge in [0.25, 0.3) is 11.6 Å². The third-order valence-electron chi connectivity index (χ3n) is 3.83. The number of nitro benzene ring substituents is 1. The summed E-state index contributed by atoms with van der Waals surface area (Å²) in [7, 11) is 0. The predicted molar refractivity (Wildman–Crippen MR) is 105 cm³/mol. The molecule has 1 amide bonds. The van der Waals surface area contributed by atoms with Gasteiger partial charge in [0.2, 0.25) is 0 Å². The minimum atomic E-state index is -0.489. The molecule has 0 spiro atoms. The molecule has 0 aromatic heterocycles. The minimum absolute atomic E-state index is 0.0404. The first-order valence-electron chi connectivity index (χ1n) is 8.46. The minimum Gasteiger partial charge on any atom is -0.489 e. The molecule has 0 saturated heterocycles. The summed E-state index contributed by atoms with van der Waals surface area (Å²) >= 11 is 0. The number of amides is 1. The Bertz CT molecular complexity index is 986. The highest BCUT2D eigenvalue weighted by molar-refractivity contribution is 5.95. The van der Waals surface area contributed by atoms with Crippen LogP contribution in [-0.4, -0.2) is 17.0 Å². The highest BCUT2D eigenvalue weighted by Crippen LogP contribution is 2.14. The number of rotatable bonds is 7. The first-order valence-corrected chi connectivity index (χ1v) is 8.46. The van der Waals surface area contributed by atoms with E-state index in [0.29, 0.717) is 23.5 Å². The number of hydrogen-bond acceptors (Lipinski definition) is 5. The third-order valence-corrected chi connectivity index (χ3v) is 3.83. The number of nitrogens with zero attached hydrogens (tertiary/aromatic N) is 2. The molecule has 1 N–H and O–H groups in total. The molecule has 0 saturated carbocycles. The lowest BCUT2D eigenvalue weighted by Crippen LogP contribution is -2.17. The van der Waals surface area contributed by atoms with Gasteiger partial charge in [-0.05, 0) is 29.8 Å². The molecule has 0 aliphatic heterocycles. The van der Waals surface area contributed by atoms with Crippen LogP contribution in [0.15, 0.2) is 84.0 Å². The molecule has 0 heterocycles. The van der Waals surface area contributed by atoms with Crippen molar-refractivity contribution >= 4 is 17.8 Å². The molecule has 0 fully saturated rings. The van der Waals surface area contributed by atoms with Crippen molar-refractivity contribution in [2.24, 2.45) is 5.10 Å². The van der Waals surface area contributed by atoms with E-state index in [4.69, 9.17) is 4.74 Å². The molecule has 0 unspecified atom stereocenters. The first kappa shape index (κ1) is 18.8. The van der Waals surface area contributed by atoms with Crippen molar-refractivity contribution in [3.8, 4) is 5.75 Å². The average Bonchev–Trinajstić information content (AvgIpc) is 2.73. The van der Waals surface area contributed by atoms with Crippen LogP contribution in [-0.2, 0) is 6.61 Å². The number of carbonyl (C=O) groups excluding carboxylic acids is 1. The number of nitro groups is 1. The van der Waals surface area contributed by atoms with E-state index in [9.17, 15) is 14.9 Å². The molecule has 0 aliphatic carbocycles. The van der Waals surface area contributed by atoms with E-state index in [1.807, 2.05) is 30.3 Å². The van der Waals surface area contributed by atoms with Crippen LogP contribution in [0.3, 0.4) is 0 Å². The summed E-state index contributed by atoms with van der Waals surface area (Å²) in [4.78, 5) is 22.4. The van der Waals surface area contributed by atoms with Gasteiger partial charge >= 0.3 is 0 Å². The first-order chi connectivity index (χ1) is 13.6. The Hall–Kier alpha value is -4.00. The molecule has 0 atom stereocenters. The molecular weight excluding hydrogens is 358 g/mol. The summed E-state index contributed by atoms with van der Waals surface area (Å²) in [6, 6.07) is 22.4. The van der Waals surface area contributed by atoms with E-state index in [1.165, 1.54) is 18.3 Å². The van der Waals surface area contributed by atoms with Crippen LogP contribution in [0.2, 0.25) is 0 Å². The van der Waals surface area contributed by atoms with Crippen molar-refractivity contribution in [2.45, 2.75) is 6.61 Å². The molecule has 7 nitrogen and oxygen atoms in total. The number of non-ortho nitro benzene ring substituents is 1. The standard InChI is InChI=1S/C21H17N3O4/c25-21(23-22-14-17-7-4-8-19(13-17)24(26)27)18-9-11-20(12-10-18)28-15-16-5-2-1-3-6-16/h1-14H,15H2,(H,23,25). The molecule has 28 heavy (non-hydrogen) atoms. The van der Waals surface area contributed by atoms with E-state index < -0.39 is 10.8 Å². The number of benzene rings is 3. The second-order valence-corrected chi connectivity index (χ2v) is 5.85. The van der Waals surface area contributed by atoms with Crippen LogP contribution in [0.1, 0.15) is 21.5 Å². The number of hydrogen-bond donors (Lipinski definition) is 1. The van der Waals surface area contributed by atoms with E-state index in [2.05, 4.69) is 10.5 Å². The Kier molecular flexibility index (Phi) is 6.10. The molecule has 7 heteroatoms. The normalized spacial score (nSPS) is 10.6. The maximum atomic E-state index is 12.1. The zero-order valence-corrected chi connectivity index (χ0v) is 14.8. The highest BCUT2D eigenvalue weighted by atomic mass is 16.6. The Morgan fingerprint density at radius 2 is 1.79 bits per heavy atom. The fourth-order valence-electron chi connectivity index (χ4n) is 2.39. The van der Waals surface area contributed by atoms with E-state index in [0.717, 1.165) is 5.56 Å². The van der Waals surface area contributed by atoms with Crippen LogP contribution in [0.5, 0.6) is 5.75 Å². The summed E-state index contributed by atoms with van der Waals surface area (Å²) in [6.07, 6.45) is 1.35. The lowest BCUT2D eigenvalue weighted by molar-refractivity contribution is -0.384. The van der Waals surface area contributed by atoms with Gasteiger partial charge in [-0.25, -0.2) is 5.43 Å². The molecule has 3 rings (SSSR count). The molecule has 140 valence electrons. The zero-order valence-electron chi connectivity index (χ0n) is 14.8. The summed E-state index contributed by atoms with van der Waals surface area (Å²) in [5.41, 5.74) is 4.34. The van der Waals surface area contributed by atoms with Crippen molar-refractivity contribution in [1.29, 1.82) is 0 Å². The van der Waals surface area contributed by atoms with Crippen LogP contribution in [0.25, 0.3) is 0 Å². The van der Waals surface area contributed by atoms with Gasteiger partial charge < -0.3 is 4.74 Å². The van der Waals surface area contributed by atoms with Crippen LogP contribution in [0, 0.1) is 10.1 Å². The number of hydrazone groups is 1. The van der Waals surface area contributed by atoms with Gasteiger partial charge in [-0.15, -0.1) is 0 Å². The van der Waals surface area contributed by atoms with E-state index in [-0.39, 0.29) is 5.69 Å². The number of ether oxygens (including phenoxy) is 1. The fourth-order valence-corrected chi connectivity index (χ4v) is 2.39. The van der Waals surface area contributed by atoms with Gasteiger partial charge in [0.1, 0.15) is 12.4 Å². The maximum absolute atomic E-state index is 12.1. The Labute approximate surface area is 161 Å². The smallest absolute Gasteiger partial charge is 0.271 e. The van der Waals surface area contributed by atoms with Crippen LogP contribution in [0.4, 0.5) is 5.69 Å². The SMILES string of the molecule is O=C(NN=Cc1cccc([N+](=O)[O-])c1)c1ccc(OCc2ccccc2)cc1. The van der Waals surface area contributed by atoms with E-state index in [1.54, 1.807) is 36.4 Å². The zero-order chi connectivity index (χ0) is 19.8. The van der Waals surface area contributed by atoms with Gasteiger partial charge in [-0.2, -0.15) is 5.10 Å². The Morgan fingerprint density at radius 3 is 2.50 bits per heavy atom. The monoisotopic (exact) mass is 375 g/mol. The summed E-state index contributed by atoms with van der Waals surface area (Å²) in [5.74, 6) is 0.261. The summed E-state index contributed by atoms with van der Waals surface area (Å²) in [5, 5.41) is 14.6. The fraction of sp³-hybridized carbons (Fsp3) is 0.0476. The van der Waals surface area contributed by atoms with Crippen molar-refractivity contribution in [2.75, 3.05) is 0 Å². The van der Waals surface area contributed by atoms with Crippen LogP contribution >= 0.6 is 0 Å². The third kappa shape index (κ3) is 5.25. The van der Waals surface area contributed by atoms with Crippen molar-refractivity contribution in [1.82, 2.24) is 5.43 Å². The van der Waals surface area contributed by atoms with Crippen molar-refractivity contribution in [3.63, 3.8) is 0 Å². The van der Waals surface area contributed by atoms with Gasteiger partial charge in [-0.3, -0.25) is 14.9 Å². The van der Waals surface area contributed by atoms with Gasteiger partial charge in [0.15, 0.2) is 0 Å². The predicted octanol–water partition coefficient (Wildman–Crippen LogP) is 3.94. The topological polar surface area (TPSA) is 93.8 Å². The molecule has 0 aliphatic rings. The van der Waals surface area contributed by atoms with Crippen molar-refractivity contribution < 1.29 is 14.5 Å². The second kappa shape index (κ2) is 9.09. The van der Waals surface area contributed by atoms with Crippen molar-refractivity contribution in [3.05, 3.63) is 106 Å². The van der Waals surface area contributed by atoms with E-state index >= 15 is 0 Å². The Balaban J connectivity index is 1.54. The van der Waals surface area contributed by atoms with Gasteiger partial charge in [-0.1, -0.05) is 42.5 Å². The second-order valence-electron chi connectivity index (χ2n) is 5.85. The summed E-state index contributed by atoms with van der Waals surface area (Å²) < 4.78 is 5.68. The highest BCUT2D eigenvalue weighted by Gasteiger charge is 2.06. The average molecular weight is 375 g/mol. The van der Waals surface area contributed by atoms with Gasteiger partial charge in [0.05, 0.1) is 11.1 Å².